The first-order chi connectivity index (χ1) is 6.72. The maximum atomic E-state index is 11.9. The Labute approximate surface area is 88.9 Å². The van der Waals surface area contributed by atoms with Gasteiger partial charge in [-0.25, -0.2) is 0 Å². The summed E-state index contributed by atoms with van der Waals surface area (Å²) in [6, 6.07) is -0.593. The van der Waals surface area contributed by atoms with Gasteiger partial charge in [-0.1, -0.05) is 13.8 Å². The van der Waals surface area contributed by atoms with Gasteiger partial charge in [0, 0.05) is 6.04 Å². The fourth-order valence-electron chi connectivity index (χ4n) is 1.23. The number of rotatable bonds is 6. The van der Waals surface area contributed by atoms with Gasteiger partial charge in [-0.05, 0) is 25.8 Å². The smallest absolute Gasteiger partial charge is 0.390 e. The van der Waals surface area contributed by atoms with Gasteiger partial charge in [0.25, 0.3) is 0 Å². The Balaban J connectivity index is 3.60. The molecule has 0 amide bonds. The molecule has 0 radical (unpaired) electrons. The zero-order valence-electron chi connectivity index (χ0n) is 9.43. The van der Waals surface area contributed by atoms with Crippen LogP contribution in [0, 0.1) is 5.92 Å². The molecule has 0 aromatic rings. The van der Waals surface area contributed by atoms with Crippen LogP contribution in [0.5, 0.6) is 0 Å². The van der Waals surface area contributed by atoms with Crippen molar-refractivity contribution >= 4 is 0 Å². The molecular formula is C10H20F3NO. The van der Waals surface area contributed by atoms with E-state index < -0.39 is 24.7 Å². The minimum Gasteiger partial charge on any atom is -0.393 e. The van der Waals surface area contributed by atoms with Gasteiger partial charge in [-0.3, -0.25) is 0 Å². The zero-order valence-corrected chi connectivity index (χ0v) is 9.43. The Hall–Kier alpha value is -0.290. The van der Waals surface area contributed by atoms with Crippen LogP contribution in [0.3, 0.4) is 0 Å². The van der Waals surface area contributed by atoms with Gasteiger partial charge < -0.3 is 10.4 Å². The highest BCUT2D eigenvalue weighted by Crippen LogP contribution is 2.21. The van der Waals surface area contributed by atoms with E-state index in [-0.39, 0.29) is 5.92 Å². The third kappa shape index (κ3) is 8.69. The quantitative estimate of drug-likeness (QED) is 0.730. The summed E-state index contributed by atoms with van der Waals surface area (Å²) in [6.45, 7) is 5.67. The predicted octanol–water partition coefficient (Wildman–Crippen LogP) is 2.32. The highest BCUT2D eigenvalue weighted by atomic mass is 19.4. The first kappa shape index (κ1) is 14.7. The Morgan fingerprint density at radius 3 is 2.13 bits per heavy atom. The van der Waals surface area contributed by atoms with Crippen molar-refractivity contribution in [3.05, 3.63) is 0 Å². The van der Waals surface area contributed by atoms with Gasteiger partial charge in [0.15, 0.2) is 0 Å². The fraction of sp³-hybridized carbons (Fsp3) is 1.00. The molecule has 0 fully saturated rings. The average Bonchev–Trinajstić information content (AvgIpc) is 2.00. The third-order valence-electron chi connectivity index (χ3n) is 2.24. The van der Waals surface area contributed by atoms with E-state index >= 15 is 0 Å². The van der Waals surface area contributed by atoms with E-state index in [2.05, 4.69) is 5.32 Å². The number of hydrogen-bond donors (Lipinski definition) is 2. The van der Waals surface area contributed by atoms with Gasteiger partial charge >= 0.3 is 6.18 Å². The van der Waals surface area contributed by atoms with Crippen LogP contribution in [0.25, 0.3) is 0 Å². The van der Waals surface area contributed by atoms with E-state index in [1.165, 1.54) is 6.92 Å². The third-order valence-corrected chi connectivity index (χ3v) is 2.24. The molecule has 5 heteroatoms. The minimum atomic E-state index is -4.12. The van der Waals surface area contributed by atoms with Crippen LogP contribution < -0.4 is 5.32 Å². The summed E-state index contributed by atoms with van der Waals surface area (Å²) in [6.07, 6.45) is -4.91. The second kappa shape index (κ2) is 6.33. The molecule has 0 saturated heterocycles. The molecule has 0 aliphatic rings. The van der Waals surface area contributed by atoms with Crippen molar-refractivity contribution in [2.45, 2.75) is 51.9 Å². The topological polar surface area (TPSA) is 32.3 Å². The van der Waals surface area contributed by atoms with Crippen molar-refractivity contribution < 1.29 is 18.3 Å². The molecule has 0 spiro atoms. The Morgan fingerprint density at radius 1 is 1.20 bits per heavy atom. The molecule has 0 aliphatic heterocycles. The van der Waals surface area contributed by atoms with Crippen LogP contribution in [0.1, 0.15) is 33.6 Å². The minimum absolute atomic E-state index is 0.143. The summed E-state index contributed by atoms with van der Waals surface area (Å²) in [5.41, 5.74) is 0. The number of aliphatic hydroxyl groups excluding tert-OH is 1. The van der Waals surface area contributed by atoms with Crippen LogP contribution in [0.2, 0.25) is 0 Å². The van der Waals surface area contributed by atoms with Crippen molar-refractivity contribution in [1.82, 2.24) is 5.32 Å². The van der Waals surface area contributed by atoms with E-state index in [0.717, 1.165) is 0 Å². The first-order valence-electron chi connectivity index (χ1n) is 5.20. The van der Waals surface area contributed by atoms with E-state index in [1.54, 1.807) is 0 Å². The van der Waals surface area contributed by atoms with Crippen molar-refractivity contribution in [1.29, 1.82) is 0 Å². The Morgan fingerprint density at radius 2 is 1.73 bits per heavy atom. The molecule has 0 aromatic heterocycles. The maximum Gasteiger partial charge on any atom is 0.390 e. The molecular weight excluding hydrogens is 207 g/mol. The SMILES string of the molecule is CC(CC(F)(F)F)NCCC(O)C(C)C. The molecule has 0 saturated carbocycles. The molecule has 2 atom stereocenters. The molecule has 0 heterocycles. The van der Waals surface area contributed by atoms with Crippen molar-refractivity contribution in [2.24, 2.45) is 5.92 Å². The summed E-state index contributed by atoms with van der Waals surface area (Å²) >= 11 is 0. The van der Waals surface area contributed by atoms with Gasteiger partial charge in [0.2, 0.25) is 0 Å². The van der Waals surface area contributed by atoms with E-state index in [1.807, 2.05) is 13.8 Å². The lowest BCUT2D eigenvalue weighted by molar-refractivity contribution is -0.139. The first-order valence-corrected chi connectivity index (χ1v) is 5.20. The number of alkyl halides is 3. The van der Waals surface area contributed by atoms with Crippen LogP contribution in [-0.2, 0) is 0 Å². The summed E-state index contributed by atoms with van der Waals surface area (Å²) in [5, 5.41) is 12.2. The van der Waals surface area contributed by atoms with Crippen LogP contribution >= 0.6 is 0 Å². The molecule has 0 bridgehead atoms. The second-order valence-electron chi connectivity index (χ2n) is 4.27. The molecule has 2 nitrogen and oxygen atoms in total. The molecule has 15 heavy (non-hydrogen) atoms. The highest BCUT2D eigenvalue weighted by Gasteiger charge is 2.29. The van der Waals surface area contributed by atoms with Gasteiger partial charge in [-0.2, -0.15) is 13.2 Å². The van der Waals surface area contributed by atoms with E-state index in [4.69, 9.17) is 0 Å². The largest absolute Gasteiger partial charge is 0.393 e. The molecule has 0 rings (SSSR count). The maximum absolute atomic E-state index is 11.9. The summed E-state index contributed by atoms with van der Waals surface area (Å²) in [5.74, 6) is 0.143. The summed E-state index contributed by atoms with van der Waals surface area (Å²) < 4.78 is 35.8. The molecule has 0 aromatic carbocycles. The lowest BCUT2D eigenvalue weighted by atomic mass is 10.0. The van der Waals surface area contributed by atoms with Crippen LogP contribution in [-0.4, -0.2) is 30.0 Å². The lowest BCUT2D eigenvalue weighted by Gasteiger charge is -2.18. The number of aliphatic hydroxyl groups is 1. The van der Waals surface area contributed by atoms with Gasteiger partial charge in [-0.15, -0.1) is 0 Å². The summed E-state index contributed by atoms with van der Waals surface area (Å²) in [4.78, 5) is 0. The fourth-order valence-corrected chi connectivity index (χ4v) is 1.23. The lowest BCUT2D eigenvalue weighted by Crippen LogP contribution is -2.33. The van der Waals surface area contributed by atoms with Crippen molar-refractivity contribution in [3.8, 4) is 0 Å². The standard InChI is InChI=1S/C10H20F3NO/c1-7(2)9(15)4-5-14-8(3)6-10(11,12)13/h7-9,14-15H,4-6H2,1-3H3. The highest BCUT2D eigenvalue weighted by molar-refractivity contribution is 4.68. The summed E-state index contributed by atoms with van der Waals surface area (Å²) in [7, 11) is 0. The van der Waals surface area contributed by atoms with Crippen LogP contribution in [0.15, 0.2) is 0 Å². The van der Waals surface area contributed by atoms with E-state index in [0.29, 0.717) is 13.0 Å². The Bertz CT molecular complexity index is 171. The number of halogens is 3. The predicted molar refractivity (Wildman–Crippen MR) is 53.6 cm³/mol. The van der Waals surface area contributed by atoms with Gasteiger partial charge in [0.1, 0.15) is 0 Å². The zero-order chi connectivity index (χ0) is 12.1. The molecule has 92 valence electrons. The Kier molecular flexibility index (Phi) is 6.20. The molecule has 0 aliphatic carbocycles. The van der Waals surface area contributed by atoms with Crippen molar-refractivity contribution in [3.63, 3.8) is 0 Å². The number of hydrogen-bond acceptors (Lipinski definition) is 2. The monoisotopic (exact) mass is 227 g/mol. The van der Waals surface area contributed by atoms with E-state index in [9.17, 15) is 18.3 Å². The second-order valence-corrected chi connectivity index (χ2v) is 4.27. The van der Waals surface area contributed by atoms with Crippen molar-refractivity contribution in [2.75, 3.05) is 6.54 Å². The normalized spacial score (nSPS) is 16.8. The van der Waals surface area contributed by atoms with Gasteiger partial charge in [0.05, 0.1) is 12.5 Å². The number of nitrogens with one attached hydrogen (secondary N) is 1. The molecule has 2 N–H and O–H groups in total. The molecule has 2 unspecified atom stereocenters. The van der Waals surface area contributed by atoms with Crippen LogP contribution in [0.4, 0.5) is 13.2 Å². The average molecular weight is 227 g/mol.